The van der Waals surface area contributed by atoms with Crippen LogP contribution in [0, 0.1) is 5.82 Å². The molecule has 2 rings (SSSR count). The summed E-state index contributed by atoms with van der Waals surface area (Å²) in [6, 6.07) is 11.3. The van der Waals surface area contributed by atoms with Gasteiger partial charge >= 0.3 is 10.2 Å². The Labute approximate surface area is 213 Å². The van der Waals surface area contributed by atoms with Gasteiger partial charge in [0.25, 0.3) is 0 Å². The topological polar surface area (TPSA) is 99.3 Å². The van der Waals surface area contributed by atoms with Crippen LogP contribution in [0.4, 0.5) is 10.1 Å². The summed E-state index contributed by atoms with van der Waals surface area (Å²) in [5.74, 6) is -1.25. The van der Waals surface area contributed by atoms with Gasteiger partial charge in [-0.15, -0.1) is 0 Å². The van der Waals surface area contributed by atoms with E-state index in [0.29, 0.717) is 15.6 Å². The SMILES string of the molecule is COc1ccc(CN(C(=O)CN(c2ccccc2F)S(=O)(=O)N(C)C)[C@@H](C)C(=O)NC(C)(C)C)cc1. The maximum absolute atomic E-state index is 14.7. The molecule has 9 nitrogen and oxygen atoms in total. The van der Waals surface area contributed by atoms with Gasteiger partial charge < -0.3 is 15.0 Å². The van der Waals surface area contributed by atoms with E-state index in [1.807, 2.05) is 20.8 Å². The Kier molecular flexibility index (Phi) is 9.44. The molecule has 0 aromatic heterocycles. The molecule has 1 atom stereocenters. The summed E-state index contributed by atoms with van der Waals surface area (Å²) >= 11 is 0. The molecule has 0 aliphatic rings. The van der Waals surface area contributed by atoms with Crippen molar-refractivity contribution in [2.75, 3.05) is 32.1 Å². The Bertz CT molecular complexity index is 1160. The number of para-hydroxylation sites is 1. The molecule has 0 heterocycles. The molecule has 0 aliphatic carbocycles. The first kappa shape index (κ1) is 29.1. The number of methoxy groups -OCH3 is 1. The van der Waals surface area contributed by atoms with Crippen LogP contribution in [-0.2, 0) is 26.3 Å². The van der Waals surface area contributed by atoms with Crippen molar-refractivity contribution in [3.05, 3.63) is 59.9 Å². The molecule has 0 fully saturated rings. The molecule has 0 spiro atoms. The first-order valence-electron chi connectivity index (χ1n) is 11.4. The quantitative estimate of drug-likeness (QED) is 0.517. The third kappa shape index (κ3) is 7.41. The number of benzene rings is 2. The van der Waals surface area contributed by atoms with Gasteiger partial charge in [0.1, 0.15) is 24.2 Å². The Balaban J connectivity index is 2.48. The monoisotopic (exact) mass is 522 g/mol. The number of amides is 2. The van der Waals surface area contributed by atoms with Gasteiger partial charge in [-0.25, -0.2) is 8.70 Å². The molecular weight excluding hydrogens is 487 g/mol. The highest BCUT2D eigenvalue weighted by atomic mass is 32.2. The summed E-state index contributed by atoms with van der Waals surface area (Å²) in [5, 5.41) is 2.85. The predicted octanol–water partition coefficient (Wildman–Crippen LogP) is 2.78. The van der Waals surface area contributed by atoms with Crippen LogP contribution in [0.5, 0.6) is 5.75 Å². The minimum atomic E-state index is -4.24. The number of hydrogen-bond acceptors (Lipinski definition) is 5. The molecule has 0 bridgehead atoms. The van der Waals surface area contributed by atoms with Crippen LogP contribution in [0.1, 0.15) is 33.3 Å². The number of halogens is 1. The van der Waals surface area contributed by atoms with Crippen LogP contribution in [0.25, 0.3) is 0 Å². The second-order valence-electron chi connectivity index (χ2n) is 9.53. The van der Waals surface area contributed by atoms with Crippen LogP contribution in [-0.4, -0.2) is 68.8 Å². The highest BCUT2D eigenvalue weighted by Gasteiger charge is 2.34. The molecule has 36 heavy (non-hydrogen) atoms. The number of carbonyl (C=O) groups excluding carboxylic acids is 2. The normalized spacial score (nSPS) is 12.7. The lowest BCUT2D eigenvalue weighted by molar-refractivity contribution is -0.140. The van der Waals surface area contributed by atoms with Crippen molar-refractivity contribution in [1.82, 2.24) is 14.5 Å². The van der Waals surface area contributed by atoms with Crippen LogP contribution in [0.2, 0.25) is 0 Å². The summed E-state index contributed by atoms with van der Waals surface area (Å²) < 4.78 is 47.6. The molecule has 0 radical (unpaired) electrons. The Morgan fingerprint density at radius 3 is 2.14 bits per heavy atom. The second-order valence-corrected chi connectivity index (χ2v) is 11.6. The van der Waals surface area contributed by atoms with Crippen LogP contribution < -0.4 is 14.4 Å². The number of nitrogens with zero attached hydrogens (tertiary/aromatic N) is 3. The zero-order chi connectivity index (χ0) is 27.3. The summed E-state index contributed by atoms with van der Waals surface area (Å²) in [5.41, 5.74) is -0.114. The number of anilines is 1. The predicted molar refractivity (Wildman–Crippen MR) is 137 cm³/mol. The highest BCUT2D eigenvalue weighted by Crippen LogP contribution is 2.24. The largest absolute Gasteiger partial charge is 0.497 e. The first-order chi connectivity index (χ1) is 16.7. The van der Waals surface area contributed by atoms with Gasteiger partial charge in [-0.2, -0.15) is 12.7 Å². The number of ether oxygens (including phenoxy) is 1. The van der Waals surface area contributed by atoms with E-state index in [0.717, 1.165) is 10.4 Å². The molecule has 2 aromatic carbocycles. The number of carbonyl (C=O) groups is 2. The van der Waals surface area contributed by atoms with Gasteiger partial charge in [0, 0.05) is 26.2 Å². The van der Waals surface area contributed by atoms with Crippen molar-refractivity contribution >= 4 is 27.7 Å². The van der Waals surface area contributed by atoms with Crippen molar-refractivity contribution in [3.8, 4) is 5.75 Å². The minimum Gasteiger partial charge on any atom is -0.497 e. The van der Waals surface area contributed by atoms with Crippen molar-refractivity contribution in [3.63, 3.8) is 0 Å². The molecule has 2 aromatic rings. The summed E-state index contributed by atoms with van der Waals surface area (Å²) in [4.78, 5) is 27.9. The fourth-order valence-electron chi connectivity index (χ4n) is 3.34. The van der Waals surface area contributed by atoms with Crippen LogP contribution >= 0.6 is 0 Å². The van der Waals surface area contributed by atoms with E-state index in [2.05, 4.69) is 5.32 Å². The van der Waals surface area contributed by atoms with E-state index in [4.69, 9.17) is 4.74 Å². The maximum atomic E-state index is 14.7. The molecule has 198 valence electrons. The van der Waals surface area contributed by atoms with Crippen LogP contribution in [0.3, 0.4) is 0 Å². The van der Waals surface area contributed by atoms with Crippen molar-refractivity contribution in [2.45, 2.75) is 45.8 Å². The van der Waals surface area contributed by atoms with Crippen molar-refractivity contribution in [1.29, 1.82) is 0 Å². The molecule has 1 N–H and O–H groups in total. The van der Waals surface area contributed by atoms with E-state index in [-0.39, 0.29) is 12.2 Å². The average molecular weight is 523 g/mol. The van der Waals surface area contributed by atoms with E-state index >= 15 is 0 Å². The third-order valence-corrected chi connectivity index (χ3v) is 7.12. The van der Waals surface area contributed by atoms with E-state index in [1.165, 1.54) is 44.3 Å². The molecule has 0 saturated heterocycles. The molecule has 0 saturated carbocycles. The molecular formula is C25H35FN4O5S. The standard InChI is InChI=1S/C25H35FN4O5S/c1-18(24(32)27-25(2,3)4)29(16-19-12-14-20(35-7)15-13-19)23(31)17-30(36(33,34)28(5)6)22-11-9-8-10-21(22)26/h8-15,18H,16-17H2,1-7H3,(H,27,32)/t18-/m0/s1. The van der Waals surface area contributed by atoms with Crippen molar-refractivity contribution in [2.24, 2.45) is 0 Å². The fourth-order valence-corrected chi connectivity index (χ4v) is 4.40. The number of nitrogens with one attached hydrogen (secondary N) is 1. The zero-order valence-corrected chi connectivity index (χ0v) is 22.6. The molecule has 0 aliphatic heterocycles. The zero-order valence-electron chi connectivity index (χ0n) is 21.8. The van der Waals surface area contributed by atoms with Gasteiger partial charge in [-0.3, -0.25) is 9.59 Å². The maximum Gasteiger partial charge on any atom is 0.304 e. The summed E-state index contributed by atoms with van der Waals surface area (Å²) in [7, 11) is -0.116. The van der Waals surface area contributed by atoms with E-state index in [1.54, 1.807) is 31.2 Å². The van der Waals surface area contributed by atoms with Gasteiger partial charge in [0.15, 0.2) is 0 Å². The second kappa shape index (κ2) is 11.7. The van der Waals surface area contributed by atoms with Gasteiger partial charge in [-0.1, -0.05) is 24.3 Å². The van der Waals surface area contributed by atoms with E-state index < -0.39 is 46.0 Å². The lowest BCUT2D eigenvalue weighted by Crippen LogP contribution is -2.55. The Hall–Kier alpha value is -3.18. The number of hydrogen-bond donors (Lipinski definition) is 1. The fraction of sp³-hybridized carbons (Fsp3) is 0.440. The van der Waals surface area contributed by atoms with Crippen molar-refractivity contribution < 1.29 is 27.1 Å². The Morgan fingerprint density at radius 1 is 1.06 bits per heavy atom. The van der Waals surface area contributed by atoms with E-state index in [9.17, 15) is 22.4 Å². The third-order valence-electron chi connectivity index (χ3n) is 5.32. The smallest absolute Gasteiger partial charge is 0.304 e. The average Bonchev–Trinajstić information content (AvgIpc) is 2.80. The summed E-state index contributed by atoms with van der Waals surface area (Å²) in [6.07, 6.45) is 0. The molecule has 0 unspecified atom stereocenters. The first-order valence-corrected chi connectivity index (χ1v) is 12.8. The number of rotatable bonds is 10. The molecule has 2 amide bonds. The van der Waals surface area contributed by atoms with Gasteiger partial charge in [-0.05, 0) is 57.5 Å². The van der Waals surface area contributed by atoms with Gasteiger partial charge in [0.05, 0.1) is 12.8 Å². The van der Waals surface area contributed by atoms with Gasteiger partial charge in [0.2, 0.25) is 11.8 Å². The minimum absolute atomic E-state index is 0.0225. The Morgan fingerprint density at radius 2 is 1.64 bits per heavy atom. The van der Waals surface area contributed by atoms with Crippen LogP contribution in [0.15, 0.2) is 48.5 Å². The lowest BCUT2D eigenvalue weighted by Gasteiger charge is -2.34. The summed E-state index contributed by atoms with van der Waals surface area (Å²) in [6.45, 7) is 6.33. The lowest BCUT2D eigenvalue weighted by atomic mass is 10.1. The highest BCUT2D eigenvalue weighted by molar-refractivity contribution is 7.90. The molecule has 11 heteroatoms.